The van der Waals surface area contributed by atoms with Crippen LogP contribution in [0.15, 0.2) is 33.8 Å². The third-order valence-electron chi connectivity index (χ3n) is 4.73. The highest BCUT2D eigenvalue weighted by molar-refractivity contribution is 6.57. The van der Waals surface area contributed by atoms with Crippen LogP contribution in [0, 0.1) is 18.3 Å². The average Bonchev–Trinajstić information content (AvgIpc) is 3.06. The van der Waals surface area contributed by atoms with Crippen molar-refractivity contribution in [3.63, 3.8) is 0 Å². The standard InChI is InChI=1S/C19H18Cl3F3O3/c1-10-11(7-15(21)22)5-4-6-12(10)9-27-17(26)28-16-13(18(16,2)3)8-14(20)19(23,24)25/h4-8,13,16H,9H2,1-3H3/b14-8+/t13-,16+/m0/s1. The van der Waals surface area contributed by atoms with E-state index in [2.05, 4.69) is 0 Å². The van der Waals surface area contributed by atoms with Crippen molar-refractivity contribution in [1.82, 2.24) is 0 Å². The Labute approximate surface area is 176 Å². The lowest BCUT2D eigenvalue weighted by Crippen LogP contribution is -2.13. The molecule has 0 aliphatic heterocycles. The molecule has 0 spiro atoms. The van der Waals surface area contributed by atoms with Gasteiger partial charge in [-0.1, -0.05) is 72.9 Å². The van der Waals surface area contributed by atoms with Gasteiger partial charge >= 0.3 is 12.3 Å². The summed E-state index contributed by atoms with van der Waals surface area (Å²) in [5, 5.41) is -1.23. The van der Waals surface area contributed by atoms with E-state index in [0.717, 1.165) is 17.2 Å². The molecule has 0 aromatic heterocycles. The fourth-order valence-electron chi connectivity index (χ4n) is 2.82. The van der Waals surface area contributed by atoms with Gasteiger partial charge in [0.05, 0.1) is 0 Å². The topological polar surface area (TPSA) is 35.5 Å². The quantitative estimate of drug-likeness (QED) is 0.441. The predicted octanol–water partition coefficient (Wildman–Crippen LogP) is 7.13. The first-order valence-corrected chi connectivity index (χ1v) is 9.36. The highest BCUT2D eigenvalue weighted by Crippen LogP contribution is 2.56. The van der Waals surface area contributed by atoms with Gasteiger partial charge in [0.1, 0.15) is 22.2 Å². The van der Waals surface area contributed by atoms with Gasteiger partial charge < -0.3 is 9.47 Å². The zero-order valence-corrected chi connectivity index (χ0v) is 17.5. The molecule has 1 aliphatic rings. The minimum Gasteiger partial charge on any atom is -0.430 e. The van der Waals surface area contributed by atoms with E-state index in [4.69, 9.17) is 44.3 Å². The van der Waals surface area contributed by atoms with E-state index in [0.29, 0.717) is 5.56 Å². The molecular weight excluding hydrogens is 440 g/mol. The molecule has 0 N–H and O–H groups in total. The Morgan fingerprint density at radius 2 is 1.89 bits per heavy atom. The van der Waals surface area contributed by atoms with Crippen LogP contribution in [0.4, 0.5) is 18.0 Å². The maximum atomic E-state index is 12.6. The molecule has 1 fully saturated rings. The summed E-state index contributed by atoms with van der Waals surface area (Å²) in [6, 6.07) is 5.32. The second-order valence-corrected chi connectivity index (χ2v) is 8.42. The number of ether oxygens (including phenoxy) is 2. The van der Waals surface area contributed by atoms with E-state index < -0.39 is 34.8 Å². The van der Waals surface area contributed by atoms with Crippen molar-refractivity contribution in [2.45, 2.75) is 39.7 Å². The summed E-state index contributed by atoms with van der Waals surface area (Å²) in [5.41, 5.74) is 1.64. The first kappa shape index (κ1) is 22.9. The Hall–Kier alpha value is -1.37. The number of hydrogen-bond donors (Lipinski definition) is 0. The number of halogens is 6. The third kappa shape index (κ3) is 5.58. The van der Waals surface area contributed by atoms with Crippen molar-refractivity contribution in [1.29, 1.82) is 0 Å². The normalized spacial score (nSPS) is 21.1. The number of hydrogen-bond acceptors (Lipinski definition) is 3. The summed E-state index contributed by atoms with van der Waals surface area (Å²) in [6.45, 7) is 5.12. The van der Waals surface area contributed by atoms with Gasteiger partial charge in [0.2, 0.25) is 0 Å². The number of carbonyl (C=O) groups is 1. The minimum atomic E-state index is -4.63. The molecule has 0 unspecified atom stereocenters. The SMILES string of the molecule is Cc1c(C=C(Cl)Cl)cccc1COC(=O)O[C@@H]1[C@H](/C=C(/Cl)C(F)(F)F)C1(C)C. The van der Waals surface area contributed by atoms with Crippen LogP contribution in [0.25, 0.3) is 6.08 Å². The van der Waals surface area contributed by atoms with Crippen LogP contribution in [0.2, 0.25) is 0 Å². The molecular formula is C19H18Cl3F3O3. The summed E-state index contributed by atoms with van der Waals surface area (Å²) in [4.78, 5) is 12.0. The average molecular weight is 458 g/mol. The second kappa shape index (κ2) is 8.56. The van der Waals surface area contributed by atoms with Crippen LogP contribution in [0.5, 0.6) is 0 Å². The fraction of sp³-hybridized carbons (Fsp3) is 0.421. The van der Waals surface area contributed by atoms with Crippen molar-refractivity contribution in [2.24, 2.45) is 11.3 Å². The zero-order chi connectivity index (χ0) is 21.3. The monoisotopic (exact) mass is 456 g/mol. The maximum absolute atomic E-state index is 12.6. The van der Waals surface area contributed by atoms with Crippen molar-refractivity contribution >= 4 is 47.0 Å². The van der Waals surface area contributed by atoms with Crippen molar-refractivity contribution in [3.05, 3.63) is 50.5 Å². The van der Waals surface area contributed by atoms with Gasteiger partial charge in [-0.3, -0.25) is 0 Å². The molecule has 2 atom stereocenters. The highest BCUT2D eigenvalue weighted by atomic mass is 35.5. The van der Waals surface area contributed by atoms with Crippen LogP contribution in [-0.4, -0.2) is 18.4 Å². The van der Waals surface area contributed by atoms with Crippen LogP contribution in [-0.2, 0) is 16.1 Å². The molecule has 1 saturated carbocycles. The zero-order valence-electron chi connectivity index (χ0n) is 15.2. The van der Waals surface area contributed by atoms with Crippen molar-refractivity contribution in [2.75, 3.05) is 0 Å². The van der Waals surface area contributed by atoms with Gasteiger partial charge in [-0.15, -0.1) is 0 Å². The molecule has 9 heteroatoms. The lowest BCUT2D eigenvalue weighted by Gasteiger charge is -2.11. The van der Waals surface area contributed by atoms with E-state index in [9.17, 15) is 18.0 Å². The molecule has 3 nitrogen and oxygen atoms in total. The number of carbonyl (C=O) groups excluding carboxylic acids is 1. The number of alkyl halides is 3. The Balaban J connectivity index is 1.98. The van der Waals surface area contributed by atoms with E-state index in [1.165, 1.54) is 0 Å². The Bertz CT molecular complexity index is 812. The summed E-state index contributed by atoms with van der Waals surface area (Å²) < 4.78 is 48.1. The molecule has 0 heterocycles. The fourth-order valence-corrected chi connectivity index (χ4v) is 3.19. The molecule has 0 bridgehead atoms. The van der Waals surface area contributed by atoms with Crippen LogP contribution >= 0.6 is 34.8 Å². The molecule has 0 saturated heterocycles. The summed E-state index contributed by atoms with van der Waals surface area (Å²) in [5.74, 6) is -0.643. The van der Waals surface area contributed by atoms with Gasteiger partial charge in [0.25, 0.3) is 0 Å². The van der Waals surface area contributed by atoms with Gasteiger partial charge in [0, 0.05) is 11.3 Å². The number of allylic oxidation sites excluding steroid dienone is 1. The number of benzene rings is 1. The minimum absolute atomic E-state index is 0.0663. The first-order chi connectivity index (χ1) is 12.8. The van der Waals surface area contributed by atoms with E-state index in [1.54, 1.807) is 38.1 Å². The van der Waals surface area contributed by atoms with Gasteiger partial charge in [0.15, 0.2) is 0 Å². The van der Waals surface area contributed by atoms with Crippen molar-refractivity contribution < 1.29 is 27.4 Å². The smallest absolute Gasteiger partial charge is 0.430 e. The van der Waals surface area contributed by atoms with E-state index in [1.807, 2.05) is 6.92 Å². The van der Waals surface area contributed by atoms with Crippen LogP contribution in [0.1, 0.15) is 30.5 Å². The summed E-state index contributed by atoms with van der Waals surface area (Å²) in [6.07, 6.45) is -3.91. The molecule has 1 aliphatic carbocycles. The van der Waals surface area contributed by atoms with Gasteiger partial charge in [-0.25, -0.2) is 4.79 Å². The molecule has 2 rings (SSSR count). The van der Waals surface area contributed by atoms with Crippen LogP contribution < -0.4 is 0 Å². The Kier molecular flexibility index (Phi) is 7.00. The van der Waals surface area contributed by atoms with Gasteiger partial charge in [-0.2, -0.15) is 13.2 Å². The third-order valence-corrected chi connectivity index (χ3v) is 5.29. The lowest BCUT2D eigenvalue weighted by molar-refractivity contribution is -0.0848. The predicted molar refractivity (Wildman–Crippen MR) is 103 cm³/mol. The number of rotatable bonds is 5. The summed E-state index contributed by atoms with van der Waals surface area (Å²) >= 11 is 16.6. The maximum Gasteiger partial charge on any atom is 0.508 e. The Morgan fingerprint density at radius 1 is 1.25 bits per heavy atom. The molecule has 1 aromatic rings. The molecule has 1 aromatic carbocycles. The van der Waals surface area contributed by atoms with Crippen molar-refractivity contribution in [3.8, 4) is 0 Å². The first-order valence-electron chi connectivity index (χ1n) is 8.23. The molecule has 28 heavy (non-hydrogen) atoms. The largest absolute Gasteiger partial charge is 0.508 e. The molecule has 0 amide bonds. The highest BCUT2D eigenvalue weighted by Gasteiger charge is 2.60. The Morgan fingerprint density at radius 3 is 2.46 bits per heavy atom. The summed E-state index contributed by atoms with van der Waals surface area (Å²) in [7, 11) is 0. The van der Waals surface area contributed by atoms with E-state index >= 15 is 0 Å². The van der Waals surface area contributed by atoms with Gasteiger partial charge in [-0.05, 0) is 29.7 Å². The lowest BCUT2D eigenvalue weighted by atomic mass is 10.0. The van der Waals surface area contributed by atoms with E-state index in [-0.39, 0.29) is 11.1 Å². The van der Waals surface area contributed by atoms with Crippen LogP contribution in [0.3, 0.4) is 0 Å². The molecule has 0 radical (unpaired) electrons. The second-order valence-electron chi connectivity index (χ2n) is 7.00. The molecule has 154 valence electrons.